The van der Waals surface area contributed by atoms with Gasteiger partial charge >= 0.3 is 0 Å². The van der Waals surface area contributed by atoms with Gasteiger partial charge in [0.2, 0.25) is 5.91 Å². The number of benzene rings is 1. The number of hydrogen-bond acceptors (Lipinski definition) is 1. The molecule has 1 saturated carbocycles. The Balaban J connectivity index is 1.93. The summed E-state index contributed by atoms with van der Waals surface area (Å²) in [6, 6.07) is 10.3. The first-order chi connectivity index (χ1) is 8.48. The number of carbonyl (C=O) groups excluding carboxylic acids is 1. The van der Waals surface area contributed by atoms with Crippen LogP contribution in [0.5, 0.6) is 0 Å². The fraction of sp³-hybridized carbons (Fsp3) is 0.562. The number of nitrogens with one attached hydrogen (secondary N) is 1. The SMILES string of the molecule is CC(C(=O)NC1CCC(C)(C)C1)c1ccccc1. The van der Waals surface area contributed by atoms with Crippen LogP contribution in [-0.2, 0) is 4.79 Å². The maximum Gasteiger partial charge on any atom is 0.227 e. The van der Waals surface area contributed by atoms with E-state index in [4.69, 9.17) is 0 Å². The lowest BCUT2D eigenvalue weighted by Gasteiger charge is -2.20. The molecule has 1 N–H and O–H groups in total. The van der Waals surface area contributed by atoms with Crippen LogP contribution in [0.4, 0.5) is 0 Å². The molecule has 1 aromatic rings. The van der Waals surface area contributed by atoms with E-state index in [1.807, 2.05) is 37.3 Å². The van der Waals surface area contributed by atoms with Gasteiger partial charge in [-0.05, 0) is 37.2 Å². The van der Waals surface area contributed by atoms with Crippen molar-refractivity contribution in [2.45, 2.75) is 52.0 Å². The largest absolute Gasteiger partial charge is 0.353 e. The molecule has 2 unspecified atom stereocenters. The van der Waals surface area contributed by atoms with E-state index in [2.05, 4.69) is 19.2 Å². The van der Waals surface area contributed by atoms with Gasteiger partial charge in [-0.3, -0.25) is 4.79 Å². The van der Waals surface area contributed by atoms with Gasteiger partial charge in [-0.1, -0.05) is 44.2 Å². The van der Waals surface area contributed by atoms with Gasteiger partial charge in [0.1, 0.15) is 0 Å². The molecule has 1 amide bonds. The molecule has 2 rings (SSSR count). The monoisotopic (exact) mass is 245 g/mol. The molecule has 1 aromatic carbocycles. The summed E-state index contributed by atoms with van der Waals surface area (Å²) in [5.74, 6) is 0.0961. The Hall–Kier alpha value is -1.31. The van der Waals surface area contributed by atoms with Gasteiger partial charge in [-0.15, -0.1) is 0 Å². The Morgan fingerprint density at radius 2 is 2.00 bits per heavy atom. The van der Waals surface area contributed by atoms with Crippen molar-refractivity contribution in [3.8, 4) is 0 Å². The van der Waals surface area contributed by atoms with Gasteiger partial charge in [0.05, 0.1) is 5.92 Å². The van der Waals surface area contributed by atoms with Gasteiger partial charge in [-0.25, -0.2) is 0 Å². The van der Waals surface area contributed by atoms with Crippen molar-refractivity contribution >= 4 is 5.91 Å². The molecule has 2 nitrogen and oxygen atoms in total. The van der Waals surface area contributed by atoms with E-state index in [1.165, 1.54) is 6.42 Å². The lowest BCUT2D eigenvalue weighted by molar-refractivity contribution is -0.122. The van der Waals surface area contributed by atoms with Gasteiger partial charge in [-0.2, -0.15) is 0 Å². The molecule has 2 heteroatoms. The van der Waals surface area contributed by atoms with Crippen LogP contribution >= 0.6 is 0 Å². The predicted molar refractivity (Wildman–Crippen MR) is 74.4 cm³/mol. The van der Waals surface area contributed by atoms with Gasteiger partial charge in [0, 0.05) is 6.04 Å². The van der Waals surface area contributed by atoms with Crippen LogP contribution in [0.15, 0.2) is 30.3 Å². The standard InChI is InChI=1S/C16H23NO/c1-12(13-7-5-4-6-8-13)15(18)17-14-9-10-16(2,3)11-14/h4-8,12,14H,9-11H2,1-3H3,(H,17,18). The van der Waals surface area contributed by atoms with Gasteiger partial charge in [0.25, 0.3) is 0 Å². The average molecular weight is 245 g/mol. The molecule has 1 fully saturated rings. The van der Waals surface area contributed by atoms with Crippen LogP contribution in [0.3, 0.4) is 0 Å². The molecule has 18 heavy (non-hydrogen) atoms. The van der Waals surface area contributed by atoms with Gasteiger partial charge in [0.15, 0.2) is 0 Å². The lowest BCUT2D eigenvalue weighted by Crippen LogP contribution is -2.36. The Morgan fingerprint density at radius 3 is 2.56 bits per heavy atom. The fourth-order valence-electron chi connectivity index (χ4n) is 2.78. The molecule has 0 bridgehead atoms. The third-order valence-electron chi connectivity index (χ3n) is 4.01. The third-order valence-corrected chi connectivity index (χ3v) is 4.01. The highest BCUT2D eigenvalue weighted by molar-refractivity contribution is 5.83. The van der Waals surface area contributed by atoms with E-state index in [9.17, 15) is 4.79 Å². The molecular formula is C16H23NO. The van der Waals surface area contributed by atoms with E-state index in [1.54, 1.807) is 0 Å². The Labute approximate surface area is 110 Å². The smallest absolute Gasteiger partial charge is 0.227 e. The zero-order valence-electron chi connectivity index (χ0n) is 11.6. The molecular weight excluding hydrogens is 222 g/mol. The number of amides is 1. The summed E-state index contributed by atoms with van der Waals surface area (Å²) in [6.45, 7) is 6.53. The minimum absolute atomic E-state index is 0.0603. The van der Waals surface area contributed by atoms with Crippen molar-refractivity contribution in [1.29, 1.82) is 0 Å². The summed E-state index contributed by atoms with van der Waals surface area (Å²) in [7, 11) is 0. The number of rotatable bonds is 3. The molecule has 0 aliphatic heterocycles. The van der Waals surface area contributed by atoms with E-state index in [0.29, 0.717) is 11.5 Å². The highest BCUT2D eigenvalue weighted by atomic mass is 16.1. The fourth-order valence-corrected chi connectivity index (χ4v) is 2.78. The van der Waals surface area contributed by atoms with E-state index in [-0.39, 0.29) is 11.8 Å². The van der Waals surface area contributed by atoms with Crippen molar-refractivity contribution in [3.05, 3.63) is 35.9 Å². The van der Waals surface area contributed by atoms with Crippen molar-refractivity contribution < 1.29 is 4.79 Å². The molecule has 2 atom stereocenters. The molecule has 0 spiro atoms. The Bertz CT molecular complexity index is 410. The first kappa shape index (κ1) is 13.1. The predicted octanol–water partition coefficient (Wildman–Crippen LogP) is 3.49. The highest BCUT2D eigenvalue weighted by Crippen LogP contribution is 2.37. The Morgan fingerprint density at radius 1 is 1.33 bits per heavy atom. The molecule has 0 aromatic heterocycles. The summed E-state index contributed by atoms with van der Waals surface area (Å²) in [4.78, 5) is 12.2. The normalized spacial score (nSPS) is 23.6. The molecule has 1 aliphatic carbocycles. The van der Waals surface area contributed by atoms with Crippen molar-refractivity contribution in [3.63, 3.8) is 0 Å². The van der Waals surface area contributed by atoms with E-state index >= 15 is 0 Å². The highest BCUT2D eigenvalue weighted by Gasteiger charge is 2.32. The second kappa shape index (κ2) is 5.13. The quantitative estimate of drug-likeness (QED) is 0.867. The van der Waals surface area contributed by atoms with Crippen LogP contribution in [0.25, 0.3) is 0 Å². The minimum Gasteiger partial charge on any atom is -0.353 e. The maximum atomic E-state index is 12.2. The topological polar surface area (TPSA) is 29.1 Å². The minimum atomic E-state index is -0.0603. The zero-order chi connectivity index (χ0) is 13.2. The number of hydrogen-bond donors (Lipinski definition) is 1. The molecule has 0 radical (unpaired) electrons. The van der Waals surface area contributed by atoms with Crippen LogP contribution in [0.1, 0.15) is 51.5 Å². The summed E-state index contributed by atoms with van der Waals surface area (Å²) < 4.78 is 0. The number of carbonyl (C=O) groups is 1. The van der Waals surface area contributed by atoms with Crippen LogP contribution < -0.4 is 5.32 Å². The maximum absolute atomic E-state index is 12.2. The van der Waals surface area contributed by atoms with Gasteiger partial charge < -0.3 is 5.32 Å². The first-order valence-electron chi connectivity index (χ1n) is 6.83. The van der Waals surface area contributed by atoms with Crippen molar-refractivity contribution in [2.75, 3.05) is 0 Å². The summed E-state index contributed by atoms with van der Waals surface area (Å²) >= 11 is 0. The zero-order valence-corrected chi connectivity index (χ0v) is 11.6. The molecule has 98 valence electrons. The van der Waals surface area contributed by atoms with E-state index in [0.717, 1.165) is 18.4 Å². The Kier molecular flexibility index (Phi) is 3.74. The van der Waals surface area contributed by atoms with Crippen LogP contribution in [0, 0.1) is 5.41 Å². The van der Waals surface area contributed by atoms with Crippen molar-refractivity contribution in [2.24, 2.45) is 5.41 Å². The summed E-state index contributed by atoms with van der Waals surface area (Å²) in [5.41, 5.74) is 1.47. The summed E-state index contributed by atoms with van der Waals surface area (Å²) in [5, 5.41) is 3.19. The first-order valence-corrected chi connectivity index (χ1v) is 6.83. The van der Waals surface area contributed by atoms with Crippen LogP contribution in [-0.4, -0.2) is 11.9 Å². The second-order valence-electron chi connectivity index (χ2n) is 6.24. The molecule has 0 saturated heterocycles. The summed E-state index contributed by atoms with van der Waals surface area (Å²) in [6.07, 6.45) is 3.41. The third kappa shape index (κ3) is 3.12. The molecule has 1 aliphatic rings. The molecule has 0 heterocycles. The lowest BCUT2D eigenvalue weighted by atomic mass is 9.91. The second-order valence-corrected chi connectivity index (χ2v) is 6.24. The van der Waals surface area contributed by atoms with Crippen LogP contribution in [0.2, 0.25) is 0 Å². The average Bonchev–Trinajstić information content (AvgIpc) is 2.68. The van der Waals surface area contributed by atoms with E-state index < -0.39 is 0 Å². The van der Waals surface area contributed by atoms with Crippen molar-refractivity contribution in [1.82, 2.24) is 5.32 Å².